The van der Waals surface area contributed by atoms with Gasteiger partial charge in [0, 0.05) is 24.2 Å². The summed E-state index contributed by atoms with van der Waals surface area (Å²) in [5.41, 5.74) is 0.901. The molecule has 4 nitrogen and oxygen atoms in total. The van der Waals surface area contributed by atoms with Gasteiger partial charge in [-0.3, -0.25) is 0 Å². The zero-order valence-corrected chi connectivity index (χ0v) is 14.3. The van der Waals surface area contributed by atoms with Crippen molar-refractivity contribution in [1.29, 1.82) is 0 Å². The predicted molar refractivity (Wildman–Crippen MR) is 86.0 cm³/mol. The van der Waals surface area contributed by atoms with Gasteiger partial charge in [-0.25, -0.2) is 8.42 Å². The van der Waals surface area contributed by atoms with Crippen LogP contribution in [0.15, 0.2) is 23.1 Å². The summed E-state index contributed by atoms with van der Waals surface area (Å²) in [5, 5.41) is 3.50. The molecule has 1 aliphatic heterocycles. The first kappa shape index (κ1) is 16.7. The molecule has 1 saturated heterocycles. The van der Waals surface area contributed by atoms with E-state index in [2.05, 4.69) is 12.2 Å². The molecule has 0 saturated carbocycles. The van der Waals surface area contributed by atoms with E-state index in [-0.39, 0.29) is 10.9 Å². The lowest BCUT2D eigenvalue weighted by Gasteiger charge is -2.35. The van der Waals surface area contributed by atoms with Crippen LogP contribution in [0.1, 0.15) is 32.3 Å². The largest absolute Gasteiger partial charge is 0.316 e. The minimum atomic E-state index is -3.47. The standard InChI is InChI=1S/C15H23ClN2O2S/c1-11-4-5-12(2)18(10-11)21(19,20)14-7-6-13(9-17-3)15(16)8-14/h6-8,11-12,17H,4-5,9-10H2,1-3H3. The van der Waals surface area contributed by atoms with E-state index in [0.717, 1.165) is 18.4 Å². The molecule has 2 rings (SSSR count). The molecule has 0 amide bonds. The van der Waals surface area contributed by atoms with E-state index in [4.69, 9.17) is 11.6 Å². The highest BCUT2D eigenvalue weighted by molar-refractivity contribution is 7.89. The molecule has 2 unspecified atom stereocenters. The molecule has 1 heterocycles. The molecule has 6 heteroatoms. The molecule has 21 heavy (non-hydrogen) atoms. The Morgan fingerprint density at radius 3 is 2.67 bits per heavy atom. The van der Waals surface area contributed by atoms with E-state index in [1.54, 1.807) is 22.5 Å². The fraction of sp³-hybridized carbons (Fsp3) is 0.600. The minimum Gasteiger partial charge on any atom is -0.316 e. The van der Waals surface area contributed by atoms with Gasteiger partial charge in [0.2, 0.25) is 10.0 Å². The van der Waals surface area contributed by atoms with Crippen LogP contribution in [0.25, 0.3) is 0 Å². The fourth-order valence-corrected chi connectivity index (χ4v) is 4.86. The maximum absolute atomic E-state index is 12.8. The quantitative estimate of drug-likeness (QED) is 0.923. The van der Waals surface area contributed by atoms with Gasteiger partial charge in [0.05, 0.1) is 4.90 Å². The lowest BCUT2D eigenvalue weighted by atomic mass is 9.97. The van der Waals surface area contributed by atoms with Crippen LogP contribution in [-0.2, 0) is 16.6 Å². The third-order valence-electron chi connectivity index (χ3n) is 4.06. The van der Waals surface area contributed by atoms with E-state index >= 15 is 0 Å². The summed E-state index contributed by atoms with van der Waals surface area (Å²) in [6, 6.07) is 5.04. The van der Waals surface area contributed by atoms with Gasteiger partial charge < -0.3 is 5.32 Å². The number of nitrogens with one attached hydrogen (secondary N) is 1. The Hall–Kier alpha value is -0.620. The molecule has 118 valence electrons. The van der Waals surface area contributed by atoms with Crippen molar-refractivity contribution in [3.05, 3.63) is 28.8 Å². The minimum absolute atomic E-state index is 0.0435. The van der Waals surface area contributed by atoms with Crippen LogP contribution in [0, 0.1) is 5.92 Å². The first-order valence-electron chi connectivity index (χ1n) is 7.31. The van der Waals surface area contributed by atoms with Gasteiger partial charge in [-0.1, -0.05) is 24.6 Å². The number of nitrogens with zero attached hydrogens (tertiary/aromatic N) is 1. The number of benzene rings is 1. The van der Waals surface area contributed by atoms with Gasteiger partial charge in [0.15, 0.2) is 0 Å². The third kappa shape index (κ3) is 3.59. The van der Waals surface area contributed by atoms with Crippen molar-refractivity contribution in [2.75, 3.05) is 13.6 Å². The third-order valence-corrected chi connectivity index (χ3v) is 6.39. The second-order valence-corrected chi connectivity index (χ2v) is 8.19. The van der Waals surface area contributed by atoms with Crippen LogP contribution in [0.2, 0.25) is 5.02 Å². The van der Waals surface area contributed by atoms with Crippen LogP contribution in [0.5, 0.6) is 0 Å². The molecular weight excluding hydrogens is 308 g/mol. The zero-order chi connectivity index (χ0) is 15.6. The SMILES string of the molecule is CNCc1ccc(S(=O)(=O)N2CC(C)CCC2C)cc1Cl. The summed E-state index contributed by atoms with van der Waals surface area (Å²) in [6.07, 6.45) is 1.99. The average Bonchev–Trinajstić information content (AvgIpc) is 2.43. The van der Waals surface area contributed by atoms with E-state index < -0.39 is 10.0 Å². The Morgan fingerprint density at radius 2 is 2.05 bits per heavy atom. The normalized spacial score (nSPS) is 24.2. The Morgan fingerprint density at radius 1 is 1.33 bits per heavy atom. The first-order valence-corrected chi connectivity index (χ1v) is 9.13. The fourth-order valence-electron chi connectivity index (χ4n) is 2.74. The zero-order valence-electron chi connectivity index (χ0n) is 12.8. The van der Waals surface area contributed by atoms with Gasteiger partial charge in [-0.2, -0.15) is 4.31 Å². The Balaban J connectivity index is 2.32. The highest BCUT2D eigenvalue weighted by Crippen LogP contribution is 2.29. The first-order chi connectivity index (χ1) is 9.86. The van der Waals surface area contributed by atoms with E-state index in [0.29, 0.717) is 24.0 Å². The number of halogens is 1. The summed E-state index contributed by atoms with van der Waals surface area (Å²) in [7, 11) is -1.64. The van der Waals surface area contributed by atoms with Gasteiger partial charge >= 0.3 is 0 Å². The summed E-state index contributed by atoms with van der Waals surface area (Å²) in [6.45, 7) is 5.27. The van der Waals surface area contributed by atoms with Gasteiger partial charge in [0.1, 0.15) is 0 Å². The van der Waals surface area contributed by atoms with Crippen molar-refractivity contribution in [3.63, 3.8) is 0 Å². The Labute approximate surface area is 132 Å². The Bertz CT molecular complexity index is 604. The molecule has 0 bridgehead atoms. The van der Waals surface area contributed by atoms with Crippen molar-refractivity contribution in [2.45, 2.75) is 44.2 Å². The van der Waals surface area contributed by atoms with Gasteiger partial charge in [-0.05, 0) is 50.4 Å². The molecule has 1 fully saturated rings. The van der Waals surface area contributed by atoms with Crippen molar-refractivity contribution in [3.8, 4) is 0 Å². The molecule has 0 aliphatic carbocycles. The molecule has 0 radical (unpaired) electrons. The van der Waals surface area contributed by atoms with Crippen molar-refractivity contribution >= 4 is 21.6 Å². The number of sulfonamides is 1. The second kappa shape index (κ2) is 6.65. The predicted octanol–water partition coefficient (Wildman–Crippen LogP) is 2.87. The Kier molecular flexibility index (Phi) is 5.30. The maximum Gasteiger partial charge on any atom is 0.243 e. The van der Waals surface area contributed by atoms with Crippen molar-refractivity contribution in [2.24, 2.45) is 5.92 Å². The number of hydrogen-bond acceptors (Lipinski definition) is 3. The van der Waals surface area contributed by atoms with E-state index in [1.807, 2.05) is 14.0 Å². The highest BCUT2D eigenvalue weighted by atomic mass is 35.5. The smallest absolute Gasteiger partial charge is 0.243 e. The number of piperidine rings is 1. The molecule has 0 spiro atoms. The summed E-state index contributed by atoms with van der Waals surface area (Å²) < 4.78 is 27.2. The molecule has 0 aromatic heterocycles. The highest BCUT2D eigenvalue weighted by Gasteiger charge is 2.33. The summed E-state index contributed by atoms with van der Waals surface area (Å²) in [4.78, 5) is 0.285. The molecule has 1 aromatic rings. The van der Waals surface area contributed by atoms with Crippen LogP contribution in [-0.4, -0.2) is 32.4 Å². The van der Waals surface area contributed by atoms with Crippen LogP contribution >= 0.6 is 11.6 Å². The molecule has 1 aromatic carbocycles. The average molecular weight is 331 g/mol. The van der Waals surface area contributed by atoms with Crippen LogP contribution in [0.4, 0.5) is 0 Å². The lowest BCUT2D eigenvalue weighted by Crippen LogP contribution is -2.44. The van der Waals surface area contributed by atoms with Crippen LogP contribution in [0.3, 0.4) is 0 Å². The molecule has 1 aliphatic rings. The lowest BCUT2D eigenvalue weighted by molar-refractivity contribution is 0.218. The van der Waals surface area contributed by atoms with Crippen molar-refractivity contribution in [1.82, 2.24) is 9.62 Å². The van der Waals surface area contributed by atoms with Gasteiger partial charge in [-0.15, -0.1) is 0 Å². The summed E-state index contributed by atoms with van der Waals surface area (Å²) in [5.74, 6) is 0.398. The van der Waals surface area contributed by atoms with E-state index in [9.17, 15) is 8.42 Å². The number of hydrogen-bond donors (Lipinski definition) is 1. The summed E-state index contributed by atoms with van der Waals surface area (Å²) >= 11 is 6.20. The van der Waals surface area contributed by atoms with E-state index in [1.165, 1.54) is 0 Å². The monoisotopic (exact) mass is 330 g/mol. The van der Waals surface area contributed by atoms with Crippen LogP contribution < -0.4 is 5.32 Å². The maximum atomic E-state index is 12.8. The topological polar surface area (TPSA) is 49.4 Å². The molecule has 1 N–H and O–H groups in total. The molecule has 2 atom stereocenters. The molecular formula is C15H23ClN2O2S. The van der Waals surface area contributed by atoms with Crippen molar-refractivity contribution < 1.29 is 8.42 Å². The number of rotatable bonds is 4. The second-order valence-electron chi connectivity index (χ2n) is 5.89. The van der Waals surface area contributed by atoms with Gasteiger partial charge in [0.25, 0.3) is 0 Å².